The monoisotopic (exact) mass is 602 g/mol. The van der Waals surface area contributed by atoms with Crippen molar-refractivity contribution in [2.24, 2.45) is 0 Å². The van der Waals surface area contributed by atoms with Crippen LogP contribution in [0.25, 0.3) is 22.3 Å². The number of aliphatic hydroxyl groups is 2. The maximum absolute atomic E-state index is 13.7. The van der Waals surface area contributed by atoms with Crippen molar-refractivity contribution in [1.29, 1.82) is 0 Å². The van der Waals surface area contributed by atoms with Crippen LogP contribution in [-0.4, -0.2) is 33.0 Å². The zero-order chi connectivity index (χ0) is 32.9. The predicted molar refractivity (Wildman–Crippen MR) is 183 cm³/mol. The van der Waals surface area contributed by atoms with Crippen LogP contribution in [0.5, 0.6) is 0 Å². The Morgan fingerprint density at radius 3 is 1.53 bits per heavy atom. The van der Waals surface area contributed by atoms with E-state index < -0.39 is 22.8 Å². The molecular formula is C41H46O4. The standard InChI is InChI=1S/C41H46O4/c1-9-27-21-25(3)11-15-31(27)32-17-13-29(23-28(32)10-2)37(42)40(7,44)19-20-41(8,45)38(43)30-14-18-34-33-16-12-26(4)22-35(33)39(5,6)36(34)24-30/h11-18,21-24,44-45H,9-10,19-20H2,1-8H3. The Balaban J connectivity index is 1.34. The fourth-order valence-electron chi connectivity index (χ4n) is 6.90. The molecule has 0 spiro atoms. The van der Waals surface area contributed by atoms with Gasteiger partial charge in [0.1, 0.15) is 11.2 Å². The van der Waals surface area contributed by atoms with E-state index in [2.05, 4.69) is 77.9 Å². The summed E-state index contributed by atoms with van der Waals surface area (Å²) in [7, 11) is 0. The number of Topliss-reactive ketones (excluding diaryl/α,β-unsaturated/α-hetero) is 2. The molecule has 2 N–H and O–H groups in total. The SMILES string of the molecule is CCc1cc(C)ccc1-c1ccc(C(=O)C(C)(O)CCC(C)(O)C(=O)c2ccc3c(c2)C(C)(C)c2cc(C)ccc2-3)cc1CC. The Bertz CT molecular complexity index is 1800. The Morgan fingerprint density at radius 2 is 1.00 bits per heavy atom. The minimum atomic E-state index is -1.76. The van der Waals surface area contributed by atoms with Crippen molar-refractivity contribution in [3.8, 4) is 22.3 Å². The molecule has 45 heavy (non-hydrogen) atoms. The topological polar surface area (TPSA) is 74.6 Å². The third-order valence-electron chi connectivity index (χ3n) is 9.85. The number of carbonyl (C=O) groups is 2. The van der Waals surface area contributed by atoms with Gasteiger partial charge in [0.15, 0.2) is 11.6 Å². The molecule has 234 valence electrons. The molecule has 0 bridgehead atoms. The second-order valence-corrected chi connectivity index (χ2v) is 13.9. The lowest BCUT2D eigenvalue weighted by Crippen LogP contribution is -2.41. The third-order valence-corrected chi connectivity index (χ3v) is 9.85. The number of ketones is 2. The minimum Gasteiger partial charge on any atom is -0.382 e. The summed E-state index contributed by atoms with van der Waals surface area (Å²) in [5.41, 5.74) is 8.56. The first-order valence-electron chi connectivity index (χ1n) is 16.1. The van der Waals surface area contributed by atoms with E-state index in [1.807, 2.05) is 24.3 Å². The number of aryl methyl sites for hydroxylation is 4. The highest BCUT2D eigenvalue weighted by molar-refractivity contribution is 6.04. The quantitative estimate of drug-likeness (QED) is 0.178. The highest BCUT2D eigenvalue weighted by Gasteiger charge is 2.40. The van der Waals surface area contributed by atoms with E-state index in [0.29, 0.717) is 11.1 Å². The highest BCUT2D eigenvalue weighted by Crippen LogP contribution is 2.49. The van der Waals surface area contributed by atoms with Gasteiger partial charge in [-0.1, -0.05) is 99.5 Å². The molecule has 4 aromatic carbocycles. The fourth-order valence-corrected chi connectivity index (χ4v) is 6.90. The number of hydrogen-bond acceptors (Lipinski definition) is 4. The van der Waals surface area contributed by atoms with Gasteiger partial charge in [-0.25, -0.2) is 0 Å². The van der Waals surface area contributed by atoms with Gasteiger partial charge in [0.25, 0.3) is 0 Å². The largest absolute Gasteiger partial charge is 0.382 e. The maximum Gasteiger partial charge on any atom is 0.194 e. The molecule has 0 radical (unpaired) electrons. The van der Waals surface area contributed by atoms with Gasteiger partial charge in [-0.2, -0.15) is 0 Å². The number of hydrogen-bond donors (Lipinski definition) is 2. The summed E-state index contributed by atoms with van der Waals surface area (Å²) in [6.45, 7) is 15.6. The van der Waals surface area contributed by atoms with Gasteiger partial charge in [0.2, 0.25) is 0 Å². The third kappa shape index (κ3) is 5.94. The Kier molecular flexibility index (Phi) is 8.54. The number of carbonyl (C=O) groups excluding carboxylic acids is 2. The van der Waals surface area contributed by atoms with E-state index in [-0.39, 0.29) is 18.3 Å². The molecule has 4 aromatic rings. The molecule has 0 aliphatic heterocycles. The van der Waals surface area contributed by atoms with Gasteiger partial charge < -0.3 is 10.2 Å². The minimum absolute atomic E-state index is 0.0626. The molecule has 2 atom stereocenters. The summed E-state index contributed by atoms with van der Waals surface area (Å²) in [5, 5.41) is 22.7. The first kappa shape index (κ1) is 32.5. The van der Waals surface area contributed by atoms with Gasteiger partial charge in [-0.05, 0) is 110 Å². The van der Waals surface area contributed by atoms with Crippen molar-refractivity contribution in [3.05, 3.63) is 117 Å². The van der Waals surface area contributed by atoms with Gasteiger partial charge in [-0.15, -0.1) is 0 Å². The molecule has 2 unspecified atom stereocenters. The molecule has 0 aromatic heterocycles. The van der Waals surface area contributed by atoms with Crippen molar-refractivity contribution in [2.45, 2.75) is 97.7 Å². The summed E-state index contributed by atoms with van der Waals surface area (Å²) in [6.07, 6.45) is 1.52. The van der Waals surface area contributed by atoms with E-state index in [1.54, 1.807) is 12.1 Å². The van der Waals surface area contributed by atoms with Crippen LogP contribution in [0.3, 0.4) is 0 Å². The maximum atomic E-state index is 13.7. The van der Waals surface area contributed by atoms with Gasteiger partial charge >= 0.3 is 0 Å². The Hall–Kier alpha value is -3.86. The first-order valence-corrected chi connectivity index (χ1v) is 16.1. The Labute approximate surface area is 268 Å². The lowest BCUT2D eigenvalue weighted by Gasteiger charge is -2.28. The summed E-state index contributed by atoms with van der Waals surface area (Å²) < 4.78 is 0. The van der Waals surface area contributed by atoms with Crippen molar-refractivity contribution < 1.29 is 19.8 Å². The molecule has 0 fully saturated rings. The average molecular weight is 603 g/mol. The lowest BCUT2D eigenvalue weighted by atomic mass is 9.79. The zero-order valence-corrected chi connectivity index (χ0v) is 28.0. The summed E-state index contributed by atoms with van der Waals surface area (Å²) in [5.74, 6) is -0.835. The summed E-state index contributed by atoms with van der Waals surface area (Å²) >= 11 is 0. The number of rotatable bonds is 10. The van der Waals surface area contributed by atoms with Crippen LogP contribution in [0.1, 0.15) is 108 Å². The van der Waals surface area contributed by atoms with E-state index in [4.69, 9.17) is 0 Å². The molecule has 0 amide bonds. The van der Waals surface area contributed by atoms with Crippen LogP contribution >= 0.6 is 0 Å². The molecule has 0 heterocycles. The van der Waals surface area contributed by atoms with Crippen LogP contribution < -0.4 is 0 Å². The number of benzene rings is 4. The summed E-state index contributed by atoms with van der Waals surface area (Å²) in [6, 6.07) is 24.2. The lowest BCUT2D eigenvalue weighted by molar-refractivity contribution is 0.00809. The first-order chi connectivity index (χ1) is 21.1. The molecule has 4 heteroatoms. The Morgan fingerprint density at radius 1 is 0.600 bits per heavy atom. The van der Waals surface area contributed by atoms with Crippen molar-refractivity contribution >= 4 is 11.6 Å². The van der Waals surface area contributed by atoms with E-state index in [9.17, 15) is 19.8 Å². The van der Waals surface area contributed by atoms with Crippen molar-refractivity contribution in [2.75, 3.05) is 0 Å². The van der Waals surface area contributed by atoms with Gasteiger partial charge in [-0.3, -0.25) is 9.59 Å². The fraction of sp³-hybridized carbons (Fsp3) is 0.366. The average Bonchev–Trinajstić information content (AvgIpc) is 3.24. The van der Waals surface area contributed by atoms with Crippen LogP contribution in [-0.2, 0) is 18.3 Å². The molecular weight excluding hydrogens is 556 g/mol. The second-order valence-electron chi connectivity index (χ2n) is 13.9. The van der Waals surface area contributed by atoms with E-state index in [0.717, 1.165) is 40.7 Å². The van der Waals surface area contributed by atoms with Crippen molar-refractivity contribution in [3.63, 3.8) is 0 Å². The van der Waals surface area contributed by atoms with Crippen molar-refractivity contribution in [1.82, 2.24) is 0 Å². The van der Waals surface area contributed by atoms with Crippen LogP contribution in [0.15, 0.2) is 72.8 Å². The van der Waals surface area contributed by atoms with Crippen LogP contribution in [0.4, 0.5) is 0 Å². The van der Waals surface area contributed by atoms with Crippen LogP contribution in [0, 0.1) is 13.8 Å². The van der Waals surface area contributed by atoms with E-state index in [1.165, 1.54) is 41.7 Å². The normalized spacial score (nSPS) is 16.0. The number of fused-ring (bicyclic) bond motifs is 3. The van der Waals surface area contributed by atoms with E-state index >= 15 is 0 Å². The smallest absolute Gasteiger partial charge is 0.194 e. The highest BCUT2D eigenvalue weighted by atomic mass is 16.3. The summed E-state index contributed by atoms with van der Waals surface area (Å²) in [4.78, 5) is 27.3. The molecule has 0 saturated carbocycles. The molecule has 1 aliphatic rings. The van der Waals surface area contributed by atoms with Crippen LogP contribution in [0.2, 0.25) is 0 Å². The van der Waals surface area contributed by atoms with Gasteiger partial charge in [0.05, 0.1) is 0 Å². The molecule has 0 saturated heterocycles. The zero-order valence-electron chi connectivity index (χ0n) is 28.0. The molecule has 1 aliphatic carbocycles. The predicted octanol–water partition coefficient (Wildman–Crippen LogP) is 8.75. The molecule has 4 nitrogen and oxygen atoms in total. The molecule has 5 rings (SSSR count). The second kappa shape index (κ2) is 11.8. The van der Waals surface area contributed by atoms with Gasteiger partial charge in [0, 0.05) is 16.5 Å².